The summed E-state index contributed by atoms with van der Waals surface area (Å²) in [6.07, 6.45) is 4.52. The monoisotopic (exact) mass is 319 g/mol. The van der Waals surface area contributed by atoms with Gasteiger partial charge in [0.2, 0.25) is 5.91 Å². The molecule has 2 N–H and O–H groups in total. The second kappa shape index (κ2) is 7.67. The molecule has 0 saturated heterocycles. The first kappa shape index (κ1) is 16.9. The van der Waals surface area contributed by atoms with Crippen LogP contribution in [0.15, 0.2) is 30.4 Å². The molecule has 1 aliphatic rings. The standard InChI is InChI=1S/C17H21NO5/c1-22-14-8-7-11(9-15(14)23-2)10-18-16(19)12-5-3-4-6-13(12)17(20)21/h3-4,7-9,12-13H,5-6,10H2,1-2H3,(H,18,19)(H,20,21)/t12-,13+/m1/s1. The summed E-state index contributed by atoms with van der Waals surface area (Å²) < 4.78 is 10.4. The zero-order valence-electron chi connectivity index (χ0n) is 13.2. The quantitative estimate of drug-likeness (QED) is 0.783. The van der Waals surface area contributed by atoms with Gasteiger partial charge in [-0.3, -0.25) is 9.59 Å². The molecule has 0 bridgehead atoms. The van der Waals surface area contributed by atoms with Crippen molar-refractivity contribution in [2.24, 2.45) is 11.8 Å². The second-order valence-electron chi connectivity index (χ2n) is 5.40. The van der Waals surface area contributed by atoms with Crippen molar-refractivity contribution in [3.05, 3.63) is 35.9 Å². The summed E-state index contributed by atoms with van der Waals surface area (Å²) >= 11 is 0. The molecule has 6 nitrogen and oxygen atoms in total. The van der Waals surface area contributed by atoms with E-state index >= 15 is 0 Å². The molecule has 1 aromatic rings. The van der Waals surface area contributed by atoms with E-state index in [0.29, 0.717) is 30.9 Å². The predicted octanol–water partition coefficient (Wildman–Crippen LogP) is 1.99. The van der Waals surface area contributed by atoms with Crippen LogP contribution in [-0.2, 0) is 16.1 Å². The largest absolute Gasteiger partial charge is 0.493 e. The molecule has 6 heteroatoms. The van der Waals surface area contributed by atoms with E-state index in [1.165, 1.54) is 0 Å². The molecule has 0 radical (unpaired) electrons. The molecule has 2 atom stereocenters. The van der Waals surface area contributed by atoms with Crippen molar-refractivity contribution in [3.63, 3.8) is 0 Å². The molecule has 124 valence electrons. The fourth-order valence-electron chi connectivity index (χ4n) is 2.69. The van der Waals surface area contributed by atoms with Gasteiger partial charge in [0, 0.05) is 6.54 Å². The average Bonchev–Trinajstić information content (AvgIpc) is 2.59. The van der Waals surface area contributed by atoms with Crippen molar-refractivity contribution in [3.8, 4) is 11.5 Å². The number of benzene rings is 1. The molecular formula is C17H21NO5. The molecule has 0 saturated carbocycles. The van der Waals surface area contributed by atoms with Crippen molar-refractivity contribution in [1.29, 1.82) is 0 Å². The smallest absolute Gasteiger partial charge is 0.307 e. The molecule has 1 aliphatic carbocycles. The highest BCUT2D eigenvalue weighted by molar-refractivity contribution is 5.85. The van der Waals surface area contributed by atoms with Gasteiger partial charge in [-0.2, -0.15) is 0 Å². The third kappa shape index (κ3) is 4.03. The molecular weight excluding hydrogens is 298 g/mol. The number of hydrogen-bond donors (Lipinski definition) is 2. The average molecular weight is 319 g/mol. The van der Waals surface area contributed by atoms with Crippen molar-refractivity contribution < 1.29 is 24.2 Å². The zero-order valence-corrected chi connectivity index (χ0v) is 13.2. The van der Waals surface area contributed by atoms with E-state index < -0.39 is 17.8 Å². The van der Waals surface area contributed by atoms with Gasteiger partial charge in [0.1, 0.15) is 0 Å². The van der Waals surface area contributed by atoms with E-state index in [1.54, 1.807) is 26.4 Å². The third-order valence-corrected chi connectivity index (χ3v) is 4.00. The highest BCUT2D eigenvalue weighted by Crippen LogP contribution is 2.28. The molecule has 1 aromatic carbocycles. The Labute approximate surface area is 135 Å². The summed E-state index contributed by atoms with van der Waals surface area (Å²) in [5, 5.41) is 12.0. The van der Waals surface area contributed by atoms with E-state index in [0.717, 1.165) is 5.56 Å². The Morgan fingerprint density at radius 3 is 2.39 bits per heavy atom. The molecule has 23 heavy (non-hydrogen) atoms. The molecule has 0 unspecified atom stereocenters. The van der Waals surface area contributed by atoms with Crippen LogP contribution in [0.25, 0.3) is 0 Å². The summed E-state index contributed by atoms with van der Waals surface area (Å²) in [6.45, 7) is 0.311. The number of rotatable bonds is 6. The van der Waals surface area contributed by atoms with Crippen LogP contribution in [0.2, 0.25) is 0 Å². The number of hydrogen-bond acceptors (Lipinski definition) is 4. The lowest BCUT2D eigenvalue weighted by atomic mass is 9.82. The second-order valence-corrected chi connectivity index (χ2v) is 5.40. The number of methoxy groups -OCH3 is 2. The maximum atomic E-state index is 12.3. The van der Waals surface area contributed by atoms with Crippen LogP contribution in [-0.4, -0.2) is 31.2 Å². The normalized spacial score (nSPS) is 19.9. The SMILES string of the molecule is COc1ccc(CNC(=O)[C@@H]2CC=CC[C@@H]2C(=O)O)cc1OC. The Morgan fingerprint density at radius 2 is 1.78 bits per heavy atom. The molecule has 0 aromatic heterocycles. The van der Waals surface area contributed by atoms with Gasteiger partial charge in [-0.15, -0.1) is 0 Å². The fraction of sp³-hybridized carbons (Fsp3) is 0.412. The summed E-state index contributed by atoms with van der Waals surface area (Å²) in [6, 6.07) is 5.38. The molecule has 0 heterocycles. The fourth-order valence-corrected chi connectivity index (χ4v) is 2.69. The Morgan fingerprint density at radius 1 is 1.13 bits per heavy atom. The number of carboxylic acid groups (broad SMARTS) is 1. The number of carbonyl (C=O) groups is 2. The minimum Gasteiger partial charge on any atom is -0.493 e. The number of amides is 1. The van der Waals surface area contributed by atoms with E-state index in [-0.39, 0.29) is 5.91 Å². The number of aliphatic carboxylic acids is 1. The summed E-state index contributed by atoms with van der Waals surface area (Å²) in [4.78, 5) is 23.6. The van der Waals surface area contributed by atoms with Gasteiger partial charge >= 0.3 is 5.97 Å². The molecule has 0 fully saturated rings. The van der Waals surface area contributed by atoms with Gasteiger partial charge in [-0.25, -0.2) is 0 Å². The van der Waals surface area contributed by atoms with Crippen molar-refractivity contribution in [2.75, 3.05) is 14.2 Å². The number of carboxylic acids is 1. The first-order valence-electron chi connectivity index (χ1n) is 7.43. The molecule has 0 aliphatic heterocycles. The molecule has 0 spiro atoms. The van der Waals surface area contributed by atoms with Gasteiger partial charge in [0.15, 0.2) is 11.5 Å². The zero-order chi connectivity index (χ0) is 16.8. The van der Waals surface area contributed by atoms with Gasteiger partial charge in [0.05, 0.1) is 26.1 Å². The van der Waals surface area contributed by atoms with Crippen LogP contribution in [0, 0.1) is 11.8 Å². The lowest BCUT2D eigenvalue weighted by Gasteiger charge is -2.24. The van der Waals surface area contributed by atoms with Crippen LogP contribution >= 0.6 is 0 Å². The third-order valence-electron chi connectivity index (χ3n) is 4.00. The topological polar surface area (TPSA) is 84.9 Å². The van der Waals surface area contributed by atoms with Gasteiger partial charge in [-0.05, 0) is 30.5 Å². The molecule has 1 amide bonds. The van der Waals surface area contributed by atoms with Crippen LogP contribution in [0.1, 0.15) is 18.4 Å². The van der Waals surface area contributed by atoms with E-state index in [2.05, 4.69) is 5.32 Å². The predicted molar refractivity (Wildman–Crippen MR) is 84.4 cm³/mol. The highest BCUT2D eigenvalue weighted by atomic mass is 16.5. The van der Waals surface area contributed by atoms with E-state index in [9.17, 15) is 14.7 Å². The van der Waals surface area contributed by atoms with Gasteiger partial charge < -0.3 is 19.9 Å². The van der Waals surface area contributed by atoms with Crippen LogP contribution in [0.5, 0.6) is 11.5 Å². The number of ether oxygens (including phenoxy) is 2. The molecule has 2 rings (SSSR count). The lowest BCUT2D eigenvalue weighted by Crippen LogP contribution is -2.38. The van der Waals surface area contributed by atoms with Crippen LogP contribution in [0.4, 0.5) is 0 Å². The van der Waals surface area contributed by atoms with Crippen molar-refractivity contribution in [1.82, 2.24) is 5.32 Å². The highest BCUT2D eigenvalue weighted by Gasteiger charge is 2.33. The first-order chi connectivity index (χ1) is 11.1. The summed E-state index contributed by atoms with van der Waals surface area (Å²) in [5.74, 6) is -1.16. The number of nitrogens with one attached hydrogen (secondary N) is 1. The van der Waals surface area contributed by atoms with E-state index in [4.69, 9.17) is 9.47 Å². The Balaban J connectivity index is 2.01. The van der Waals surface area contributed by atoms with Crippen LogP contribution in [0.3, 0.4) is 0 Å². The Hall–Kier alpha value is -2.50. The number of allylic oxidation sites excluding steroid dienone is 2. The first-order valence-corrected chi connectivity index (χ1v) is 7.43. The Kier molecular flexibility index (Phi) is 5.62. The maximum Gasteiger partial charge on any atom is 0.307 e. The minimum atomic E-state index is -0.930. The Bertz CT molecular complexity index is 611. The van der Waals surface area contributed by atoms with Crippen LogP contribution < -0.4 is 14.8 Å². The summed E-state index contributed by atoms with van der Waals surface area (Å²) in [7, 11) is 3.11. The lowest BCUT2D eigenvalue weighted by molar-refractivity contribution is -0.147. The van der Waals surface area contributed by atoms with Gasteiger partial charge in [0.25, 0.3) is 0 Å². The van der Waals surface area contributed by atoms with Gasteiger partial charge in [-0.1, -0.05) is 18.2 Å². The number of carbonyl (C=O) groups excluding carboxylic acids is 1. The maximum absolute atomic E-state index is 12.3. The van der Waals surface area contributed by atoms with Crippen molar-refractivity contribution in [2.45, 2.75) is 19.4 Å². The van der Waals surface area contributed by atoms with E-state index in [1.807, 2.05) is 18.2 Å². The summed E-state index contributed by atoms with van der Waals surface area (Å²) in [5.41, 5.74) is 0.856. The minimum absolute atomic E-state index is 0.239. The van der Waals surface area contributed by atoms with Crippen molar-refractivity contribution >= 4 is 11.9 Å².